The maximum atomic E-state index is 12.5. The van der Waals surface area contributed by atoms with Crippen molar-refractivity contribution in [2.75, 3.05) is 13.7 Å². The van der Waals surface area contributed by atoms with E-state index in [1.54, 1.807) is 12.0 Å². The summed E-state index contributed by atoms with van der Waals surface area (Å²) in [5.41, 5.74) is 6.59. The minimum atomic E-state index is -0.512. The molecule has 2 atom stereocenters. The van der Waals surface area contributed by atoms with Gasteiger partial charge in [-0.25, -0.2) is 4.79 Å². The van der Waals surface area contributed by atoms with Crippen LogP contribution in [0.2, 0.25) is 0 Å². The summed E-state index contributed by atoms with van der Waals surface area (Å²) in [5.74, 6) is 0.773. The molecule has 2 unspecified atom stereocenters. The van der Waals surface area contributed by atoms with Gasteiger partial charge in [0.1, 0.15) is 11.4 Å². The summed E-state index contributed by atoms with van der Waals surface area (Å²) in [5, 5.41) is 0. The second kappa shape index (κ2) is 6.57. The number of nitrogens with zero attached hydrogens (tertiary/aromatic N) is 1. The Labute approximate surface area is 132 Å². The van der Waals surface area contributed by atoms with Gasteiger partial charge in [-0.05, 0) is 39.7 Å². The number of nitrogens with two attached hydrogens (primary N) is 1. The lowest BCUT2D eigenvalue weighted by atomic mass is 9.92. The third-order valence-corrected chi connectivity index (χ3v) is 3.77. The Bertz CT molecular complexity index is 525. The maximum Gasteiger partial charge on any atom is 0.410 e. The molecule has 0 spiro atoms. The molecule has 0 radical (unpaired) electrons. The van der Waals surface area contributed by atoms with Crippen LogP contribution in [-0.2, 0) is 4.74 Å². The van der Waals surface area contributed by atoms with Crippen LogP contribution in [0, 0.1) is 0 Å². The zero-order valence-electron chi connectivity index (χ0n) is 13.8. The van der Waals surface area contributed by atoms with Gasteiger partial charge in [0.2, 0.25) is 0 Å². The van der Waals surface area contributed by atoms with E-state index in [4.69, 9.17) is 15.2 Å². The fourth-order valence-electron chi connectivity index (χ4n) is 2.77. The molecule has 22 heavy (non-hydrogen) atoms. The Hall–Kier alpha value is -1.75. The molecule has 1 heterocycles. The van der Waals surface area contributed by atoms with Gasteiger partial charge in [-0.3, -0.25) is 0 Å². The molecule has 0 saturated carbocycles. The van der Waals surface area contributed by atoms with Gasteiger partial charge in [-0.2, -0.15) is 0 Å². The molecule has 5 heteroatoms. The minimum Gasteiger partial charge on any atom is -0.496 e. The van der Waals surface area contributed by atoms with Gasteiger partial charge in [0, 0.05) is 18.2 Å². The Morgan fingerprint density at radius 1 is 1.32 bits per heavy atom. The second-order valence-corrected chi connectivity index (χ2v) is 6.72. The molecular formula is C17H26N2O3. The minimum absolute atomic E-state index is 0.0774. The van der Waals surface area contributed by atoms with Crippen LogP contribution in [0.5, 0.6) is 5.75 Å². The third kappa shape index (κ3) is 3.91. The topological polar surface area (TPSA) is 64.8 Å². The molecule has 5 nitrogen and oxygen atoms in total. The molecule has 1 aliphatic heterocycles. The lowest BCUT2D eigenvalue weighted by Gasteiger charge is -2.39. The highest BCUT2D eigenvalue weighted by Gasteiger charge is 2.35. The van der Waals surface area contributed by atoms with Crippen molar-refractivity contribution in [2.24, 2.45) is 5.73 Å². The average Bonchev–Trinajstić information content (AvgIpc) is 2.45. The van der Waals surface area contributed by atoms with Crippen molar-refractivity contribution in [1.29, 1.82) is 0 Å². The van der Waals surface area contributed by atoms with Crippen LogP contribution < -0.4 is 10.5 Å². The molecule has 1 amide bonds. The first-order valence-electron chi connectivity index (χ1n) is 7.70. The van der Waals surface area contributed by atoms with Crippen LogP contribution >= 0.6 is 0 Å². The maximum absolute atomic E-state index is 12.5. The van der Waals surface area contributed by atoms with Gasteiger partial charge < -0.3 is 20.1 Å². The van der Waals surface area contributed by atoms with E-state index in [-0.39, 0.29) is 18.2 Å². The number of benzene rings is 1. The van der Waals surface area contributed by atoms with E-state index < -0.39 is 5.60 Å². The predicted octanol–water partition coefficient (Wildman–Crippen LogP) is 3.09. The van der Waals surface area contributed by atoms with Gasteiger partial charge >= 0.3 is 6.09 Å². The van der Waals surface area contributed by atoms with Crippen LogP contribution in [0.15, 0.2) is 24.3 Å². The fourth-order valence-corrected chi connectivity index (χ4v) is 2.77. The van der Waals surface area contributed by atoms with Gasteiger partial charge in [-0.1, -0.05) is 18.2 Å². The first-order chi connectivity index (χ1) is 10.3. The van der Waals surface area contributed by atoms with Crippen molar-refractivity contribution >= 4 is 6.09 Å². The SMILES string of the molecule is COc1ccccc1C1CC(N)CCN1C(=O)OC(C)(C)C. The highest BCUT2D eigenvalue weighted by atomic mass is 16.6. The molecule has 1 saturated heterocycles. The fraction of sp³-hybridized carbons (Fsp3) is 0.588. The molecule has 1 aliphatic rings. The van der Waals surface area contributed by atoms with Crippen LogP contribution in [0.25, 0.3) is 0 Å². The molecule has 122 valence electrons. The number of carbonyl (C=O) groups excluding carboxylic acids is 1. The molecule has 1 fully saturated rings. The molecule has 0 bridgehead atoms. The Kier molecular flexibility index (Phi) is 4.96. The van der Waals surface area contributed by atoms with E-state index in [9.17, 15) is 4.79 Å². The van der Waals surface area contributed by atoms with Crippen molar-refractivity contribution in [3.8, 4) is 5.75 Å². The zero-order chi connectivity index (χ0) is 16.3. The van der Waals surface area contributed by atoms with Gasteiger partial charge in [0.05, 0.1) is 13.2 Å². The number of amides is 1. The molecule has 0 aromatic heterocycles. The van der Waals surface area contributed by atoms with Crippen molar-refractivity contribution < 1.29 is 14.3 Å². The van der Waals surface area contributed by atoms with Gasteiger partial charge in [0.15, 0.2) is 0 Å². The molecule has 1 aromatic rings. The summed E-state index contributed by atoms with van der Waals surface area (Å²) in [6.45, 7) is 6.22. The molecule has 2 rings (SSSR count). The average molecular weight is 306 g/mol. The van der Waals surface area contributed by atoms with E-state index in [0.29, 0.717) is 13.0 Å². The summed E-state index contributed by atoms with van der Waals surface area (Å²) in [6, 6.07) is 7.72. The lowest BCUT2D eigenvalue weighted by Crippen LogP contribution is -2.46. The quantitative estimate of drug-likeness (QED) is 0.912. The number of carbonyl (C=O) groups is 1. The van der Waals surface area contributed by atoms with E-state index in [1.807, 2.05) is 45.0 Å². The van der Waals surface area contributed by atoms with Crippen LogP contribution in [-0.4, -0.2) is 36.3 Å². The van der Waals surface area contributed by atoms with Crippen LogP contribution in [0.1, 0.15) is 45.2 Å². The van der Waals surface area contributed by atoms with Crippen molar-refractivity contribution in [3.05, 3.63) is 29.8 Å². The summed E-state index contributed by atoms with van der Waals surface area (Å²) >= 11 is 0. The number of ether oxygens (including phenoxy) is 2. The summed E-state index contributed by atoms with van der Waals surface area (Å²) in [4.78, 5) is 14.3. The zero-order valence-corrected chi connectivity index (χ0v) is 13.8. The summed E-state index contributed by atoms with van der Waals surface area (Å²) in [7, 11) is 1.64. The highest BCUT2D eigenvalue weighted by molar-refractivity contribution is 5.69. The predicted molar refractivity (Wildman–Crippen MR) is 85.9 cm³/mol. The number of piperidine rings is 1. The van der Waals surface area contributed by atoms with Crippen molar-refractivity contribution in [3.63, 3.8) is 0 Å². The standard InChI is InChI=1S/C17H26N2O3/c1-17(2,3)22-16(20)19-10-9-12(18)11-14(19)13-7-5-6-8-15(13)21-4/h5-8,12,14H,9-11,18H2,1-4H3. The summed E-state index contributed by atoms with van der Waals surface area (Å²) in [6.07, 6.45) is 1.19. The lowest BCUT2D eigenvalue weighted by molar-refractivity contribution is 0.00773. The Morgan fingerprint density at radius 3 is 2.64 bits per heavy atom. The first-order valence-corrected chi connectivity index (χ1v) is 7.70. The largest absolute Gasteiger partial charge is 0.496 e. The Morgan fingerprint density at radius 2 is 2.00 bits per heavy atom. The number of likely N-dealkylation sites (tertiary alicyclic amines) is 1. The highest BCUT2D eigenvalue weighted by Crippen LogP contribution is 2.36. The molecule has 2 N–H and O–H groups in total. The van der Waals surface area contributed by atoms with Crippen LogP contribution in [0.4, 0.5) is 4.79 Å². The van der Waals surface area contributed by atoms with Gasteiger partial charge in [-0.15, -0.1) is 0 Å². The van der Waals surface area contributed by atoms with Crippen molar-refractivity contribution in [2.45, 2.75) is 51.3 Å². The first kappa shape index (κ1) is 16.6. The number of para-hydroxylation sites is 1. The normalized spacial score (nSPS) is 22.3. The van der Waals surface area contributed by atoms with E-state index >= 15 is 0 Å². The number of hydrogen-bond donors (Lipinski definition) is 1. The smallest absolute Gasteiger partial charge is 0.410 e. The molecular weight excluding hydrogens is 280 g/mol. The van der Waals surface area contributed by atoms with Gasteiger partial charge in [0.25, 0.3) is 0 Å². The molecule has 0 aliphatic carbocycles. The van der Waals surface area contributed by atoms with E-state index in [2.05, 4.69) is 0 Å². The van der Waals surface area contributed by atoms with E-state index in [1.165, 1.54) is 0 Å². The Balaban J connectivity index is 2.29. The monoisotopic (exact) mass is 306 g/mol. The van der Waals surface area contributed by atoms with E-state index in [0.717, 1.165) is 17.7 Å². The van der Waals surface area contributed by atoms with Crippen molar-refractivity contribution in [1.82, 2.24) is 4.90 Å². The molecule has 1 aromatic carbocycles. The third-order valence-electron chi connectivity index (χ3n) is 3.77. The second-order valence-electron chi connectivity index (χ2n) is 6.72. The number of rotatable bonds is 2. The number of hydrogen-bond acceptors (Lipinski definition) is 4. The van der Waals surface area contributed by atoms with Crippen LogP contribution in [0.3, 0.4) is 0 Å². The summed E-state index contributed by atoms with van der Waals surface area (Å²) < 4.78 is 11.0. The number of methoxy groups -OCH3 is 1.